The van der Waals surface area contributed by atoms with Gasteiger partial charge in [-0.2, -0.15) is 0 Å². The molecule has 1 fully saturated rings. The standard InChI is InChI=1S/C12H24N2O/c1-4-12(5-2)6-7-14(9-12)11(15)10(3)8-13/h10H,4-9,13H2,1-3H3. The number of rotatable bonds is 4. The highest BCUT2D eigenvalue weighted by atomic mass is 16.2. The Morgan fingerprint density at radius 1 is 1.47 bits per heavy atom. The molecule has 1 unspecified atom stereocenters. The van der Waals surface area contributed by atoms with Gasteiger partial charge in [-0.05, 0) is 24.7 Å². The quantitative estimate of drug-likeness (QED) is 0.769. The fourth-order valence-electron chi connectivity index (χ4n) is 2.36. The first-order valence-corrected chi connectivity index (χ1v) is 6.07. The summed E-state index contributed by atoms with van der Waals surface area (Å²) in [7, 11) is 0. The molecule has 1 saturated heterocycles. The highest BCUT2D eigenvalue weighted by Gasteiger charge is 2.37. The van der Waals surface area contributed by atoms with Crippen LogP contribution in [0.5, 0.6) is 0 Å². The molecule has 88 valence electrons. The first kappa shape index (κ1) is 12.5. The molecule has 0 aromatic rings. The monoisotopic (exact) mass is 212 g/mol. The third-order valence-corrected chi connectivity index (χ3v) is 4.03. The van der Waals surface area contributed by atoms with Gasteiger partial charge in [0.15, 0.2) is 0 Å². The Kier molecular flexibility index (Phi) is 4.14. The van der Waals surface area contributed by atoms with Crippen molar-refractivity contribution in [2.24, 2.45) is 17.1 Å². The molecule has 2 N–H and O–H groups in total. The van der Waals surface area contributed by atoms with Crippen molar-refractivity contribution in [2.75, 3.05) is 19.6 Å². The second-order valence-corrected chi connectivity index (χ2v) is 4.85. The molecular formula is C12H24N2O. The van der Waals surface area contributed by atoms with Gasteiger partial charge in [0.2, 0.25) is 5.91 Å². The fraction of sp³-hybridized carbons (Fsp3) is 0.917. The van der Waals surface area contributed by atoms with E-state index in [9.17, 15) is 4.79 Å². The fourth-order valence-corrected chi connectivity index (χ4v) is 2.36. The van der Waals surface area contributed by atoms with Crippen LogP contribution in [0.25, 0.3) is 0 Å². The molecule has 1 aliphatic heterocycles. The van der Waals surface area contributed by atoms with Crippen LogP contribution < -0.4 is 5.73 Å². The molecule has 3 nitrogen and oxygen atoms in total. The first-order valence-electron chi connectivity index (χ1n) is 6.07. The van der Waals surface area contributed by atoms with Crippen LogP contribution in [0.2, 0.25) is 0 Å². The number of carbonyl (C=O) groups is 1. The maximum atomic E-state index is 11.9. The van der Waals surface area contributed by atoms with E-state index in [1.807, 2.05) is 11.8 Å². The molecule has 1 aliphatic rings. The summed E-state index contributed by atoms with van der Waals surface area (Å²) in [5.41, 5.74) is 5.90. The molecule has 1 rings (SSSR count). The zero-order chi connectivity index (χ0) is 11.5. The van der Waals surface area contributed by atoms with Crippen LogP contribution in [0.1, 0.15) is 40.0 Å². The van der Waals surface area contributed by atoms with Crippen LogP contribution in [0, 0.1) is 11.3 Å². The molecule has 0 bridgehead atoms. The Morgan fingerprint density at radius 2 is 2.07 bits per heavy atom. The van der Waals surface area contributed by atoms with E-state index in [2.05, 4.69) is 13.8 Å². The third kappa shape index (κ3) is 2.51. The maximum absolute atomic E-state index is 11.9. The van der Waals surface area contributed by atoms with Crippen molar-refractivity contribution in [2.45, 2.75) is 40.0 Å². The number of carbonyl (C=O) groups excluding carboxylic acids is 1. The molecule has 3 heteroatoms. The van der Waals surface area contributed by atoms with Crippen LogP contribution >= 0.6 is 0 Å². The van der Waals surface area contributed by atoms with Crippen molar-refractivity contribution in [3.05, 3.63) is 0 Å². The Bertz CT molecular complexity index is 224. The van der Waals surface area contributed by atoms with E-state index in [1.54, 1.807) is 0 Å². The van der Waals surface area contributed by atoms with E-state index in [0.717, 1.165) is 19.5 Å². The first-order chi connectivity index (χ1) is 7.08. The number of nitrogens with two attached hydrogens (primary N) is 1. The van der Waals surface area contributed by atoms with Gasteiger partial charge >= 0.3 is 0 Å². The Labute approximate surface area is 93.0 Å². The lowest BCUT2D eigenvalue weighted by molar-refractivity contribution is -0.134. The molecule has 0 aliphatic carbocycles. The van der Waals surface area contributed by atoms with E-state index in [-0.39, 0.29) is 11.8 Å². The zero-order valence-corrected chi connectivity index (χ0v) is 10.3. The van der Waals surface area contributed by atoms with E-state index in [0.29, 0.717) is 12.0 Å². The lowest BCUT2D eigenvalue weighted by atomic mass is 9.82. The highest BCUT2D eigenvalue weighted by molar-refractivity contribution is 5.79. The topological polar surface area (TPSA) is 46.3 Å². The lowest BCUT2D eigenvalue weighted by Crippen LogP contribution is -2.37. The summed E-state index contributed by atoms with van der Waals surface area (Å²) >= 11 is 0. The molecule has 1 heterocycles. The van der Waals surface area contributed by atoms with Gasteiger partial charge in [0.05, 0.1) is 0 Å². The third-order valence-electron chi connectivity index (χ3n) is 4.03. The maximum Gasteiger partial charge on any atom is 0.226 e. The molecule has 0 aromatic heterocycles. The van der Waals surface area contributed by atoms with E-state index < -0.39 is 0 Å². The second-order valence-electron chi connectivity index (χ2n) is 4.85. The predicted molar refractivity (Wildman–Crippen MR) is 62.4 cm³/mol. The van der Waals surface area contributed by atoms with Gasteiger partial charge in [-0.15, -0.1) is 0 Å². The Balaban J connectivity index is 2.59. The number of nitrogens with zero attached hydrogens (tertiary/aromatic N) is 1. The molecule has 1 amide bonds. The van der Waals surface area contributed by atoms with Crippen molar-refractivity contribution in [3.8, 4) is 0 Å². The molecule has 0 aromatic carbocycles. The van der Waals surface area contributed by atoms with Gasteiger partial charge in [-0.25, -0.2) is 0 Å². The van der Waals surface area contributed by atoms with Crippen LogP contribution in [0.15, 0.2) is 0 Å². The van der Waals surface area contributed by atoms with Crippen LogP contribution in [-0.2, 0) is 4.79 Å². The minimum absolute atomic E-state index is 0.0190. The summed E-state index contributed by atoms with van der Waals surface area (Å²) < 4.78 is 0. The average Bonchev–Trinajstić information content (AvgIpc) is 2.72. The van der Waals surface area contributed by atoms with E-state index in [4.69, 9.17) is 5.73 Å². The van der Waals surface area contributed by atoms with E-state index in [1.165, 1.54) is 12.8 Å². The van der Waals surface area contributed by atoms with E-state index >= 15 is 0 Å². The van der Waals surface area contributed by atoms with Crippen LogP contribution in [0.4, 0.5) is 0 Å². The molecule has 0 spiro atoms. The average molecular weight is 212 g/mol. The lowest BCUT2D eigenvalue weighted by Gasteiger charge is -2.27. The summed E-state index contributed by atoms with van der Waals surface area (Å²) in [4.78, 5) is 13.9. The predicted octanol–water partition coefficient (Wildman–Crippen LogP) is 1.62. The summed E-state index contributed by atoms with van der Waals surface area (Å²) in [6.45, 7) is 8.68. The second kappa shape index (κ2) is 4.97. The summed E-state index contributed by atoms with van der Waals surface area (Å²) in [6.07, 6.45) is 3.50. The molecule has 0 radical (unpaired) electrons. The van der Waals surface area contributed by atoms with Crippen LogP contribution in [-0.4, -0.2) is 30.4 Å². The normalized spacial score (nSPS) is 21.7. The van der Waals surface area contributed by atoms with Crippen LogP contribution in [0.3, 0.4) is 0 Å². The molecular weight excluding hydrogens is 188 g/mol. The minimum Gasteiger partial charge on any atom is -0.342 e. The van der Waals surface area contributed by atoms with Gasteiger partial charge in [0, 0.05) is 25.6 Å². The number of likely N-dealkylation sites (tertiary alicyclic amines) is 1. The number of hydrogen-bond acceptors (Lipinski definition) is 2. The summed E-state index contributed by atoms with van der Waals surface area (Å²) in [5, 5.41) is 0. The number of amides is 1. The van der Waals surface area contributed by atoms with Crippen molar-refractivity contribution >= 4 is 5.91 Å². The zero-order valence-electron chi connectivity index (χ0n) is 10.3. The SMILES string of the molecule is CCC1(CC)CCN(C(=O)C(C)CN)C1. The van der Waals surface area contributed by atoms with Gasteiger partial charge in [-0.1, -0.05) is 20.8 Å². The smallest absolute Gasteiger partial charge is 0.226 e. The van der Waals surface area contributed by atoms with Crippen molar-refractivity contribution in [1.29, 1.82) is 0 Å². The number of hydrogen-bond donors (Lipinski definition) is 1. The summed E-state index contributed by atoms with van der Waals surface area (Å²) in [6, 6.07) is 0. The van der Waals surface area contributed by atoms with Gasteiger partial charge in [0.25, 0.3) is 0 Å². The van der Waals surface area contributed by atoms with Gasteiger partial charge in [-0.3, -0.25) is 4.79 Å². The summed E-state index contributed by atoms with van der Waals surface area (Å²) in [5.74, 6) is 0.218. The van der Waals surface area contributed by atoms with Crippen molar-refractivity contribution in [3.63, 3.8) is 0 Å². The minimum atomic E-state index is -0.0190. The Morgan fingerprint density at radius 3 is 2.47 bits per heavy atom. The molecule has 15 heavy (non-hydrogen) atoms. The largest absolute Gasteiger partial charge is 0.342 e. The van der Waals surface area contributed by atoms with Gasteiger partial charge < -0.3 is 10.6 Å². The van der Waals surface area contributed by atoms with Crippen molar-refractivity contribution in [1.82, 2.24) is 4.90 Å². The molecule has 1 atom stereocenters. The van der Waals surface area contributed by atoms with Crippen molar-refractivity contribution < 1.29 is 4.79 Å². The Hall–Kier alpha value is -0.570. The van der Waals surface area contributed by atoms with Gasteiger partial charge in [0.1, 0.15) is 0 Å². The molecule has 0 saturated carbocycles. The highest BCUT2D eigenvalue weighted by Crippen LogP contribution is 2.37.